The van der Waals surface area contributed by atoms with Gasteiger partial charge in [0, 0.05) is 6.54 Å². The highest BCUT2D eigenvalue weighted by molar-refractivity contribution is 5.90. The van der Waals surface area contributed by atoms with Crippen LogP contribution >= 0.6 is 0 Å². The van der Waals surface area contributed by atoms with Crippen LogP contribution in [0.2, 0.25) is 0 Å². The Labute approximate surface area is 140 Å². The average molecular weight is 319 g/mol. The summed E-state index contributed by atoms with van der Waals surface area (Å²) in [5, 5.41) is 5.24. The van der Waals surface area contributed by atoms with Crippen LogP contribution in [0.5, 0.6) is 11.5 Å². The molecule has 0 saturated heterocycles. The first-order chi connectivity index (χ1) is 11.8. The van der Waals surface area contributed by atoms with E-state index < -0.39 is 0 Å². The van der Waals surface area contributed by atoms with E-state index in [2.05, 4.69) is 23.5 Å². The van der Waals surface area contributed by atoms with Gasteiger partial charge < -0.3 is 14.8 Å². The predicted octanol–water partition coefficient (Wildman–Crippen LogP) is 3.43. The predicted molar refractivity (Wildman–Crippen MR) is 92.1 cm³/mol. The van der Waals surface area contributed by atoms with E-state index in [1.165, 1.54) is 0 Å². The number of amides is 1. The lowest BCUT2D eigenvalue weighted by atomic mass is 10.0. The maximum Gasteiger partial charge on any atom is 0.231 e. The summed E-state index contributed by atoms with van der Waals surface area (Å²) >= 11 is 0. The van der Waals surface area contributed by atoms with Crippen LogP contribution in [0.4, 0.5) is 0 Å². The molecule has 4 heteroatoms. The molecule has 3 aromatic carbocycles. The Kier molecular flexibility index (Phi) is 3.79. The molecule has 0 bridgehead atoms. The van der Waals surface area contributed by atoms with E-state index in [-0.39, 0.29) is 12.7 Å². The lowest BCUT2D eigenvalue weighted by Crippen LogP contribution is -2.24. The molecule has 4 nitrogen and oxygen atoms in total. The van der Waals surface area contributed by atoms with E-state index in [0.717, 1.165) is 33.4 Å². The molecule has 0 aliphatic carbocycles. The summed E-state index contributed by atoms with van der Waals surface area (Å²) in [7, 11) is 0. The molecular formula is C20H17NO3. The third kappa shape index (κ3) is 2.91. The van der Waals surface area contributed by atoms with Gasteiger partial charge in [0.1, 0.15) is 0 Å². The molecule has 1 N–H and O–H groups in total. The number of fused-ring (bicyclic) bond motifs is 2. The Morgan fingerprint density at radius 3 is 2.75 bits per heavy atom. The van der Waals surface area contributed by atoms with E-state index in [4.69, 9.17) is 9.47 Å². The van der Waals surface area contributed by atoms with Gasteiger partial charge in [-0.2, -0.15) is 0 Å². The summed E-state index contributed by atoms with van der Waals surface area (Å²) < 4.78 is 10.6. The minimum Gasteiger partial charge on any atom is -0.454 e. The fourth-order valence-corrected chi connectivity index (χ4v) is 2.93. The second-order valence-corrected chi connectivity index (χ2v) is 5.78. The molecule has 1 amide bonds. The van der Waals surface area contributed by atoms with Crippen LogP contribution < -0.4 is 14.8 Å². The number of nitrogens with one attached hydrogen (secondary N) is 1. The highest BCUT2D eigenvalue weighted by Crippen LogP contribution is 2.32. The molecular weight excluding hydrogens is 302 g/mol. The van der Waals surface area contributed by atoms with E-state index in [9.17, 15) is 4.79 Å². The van der Waals surface area contributed by atoms with Crippen molar-refractivity contribution in [2.45, 2.75) is 13.0 Å². The van der Waals surface area contributed by atoms with Crippen molar-refractivity contribution >= 4 is 16.7 Å². The van der Waals surface area contributed by atoms with Gasteiger partial charge in [0.2, 0.25) is 12.7 Å². The first-order valence-corrected chi connectivity index (χ1v) is 7.91. The number of benzene rings is 3. The van der Waals surface area contributed by atoms with Crippen molar-refractivity contribution in [2.75, 3.05) is 6.79 Å². The van der Waals surface area contributed by atoms with Crippen LogP contribution in [-0.4, -0.2) is 12.7 Å². The number of carbonyl (C=O) groups is 1. The summed E-state index contributed by atoms with van der Waals surface area (Å²) in [6.07, 6.45) is 0.367. The Hall–Kier alpha value is -3.01. The Bertz CT molecular complexity index is 899. The zero-order valence-electron chi connectivity index (χ0n) is 13.1. The number of carbonyl (C=O) groups excluding carboxylic acids is 1. The normalized spacial score (nSPS) is 12.3. The van der Waals surface area contributed by atoms with Gasteiger partial charge in [0.15, 0.2) is 11.5 Å². The van der Waals surface area contributed by atoms with E-state index in [1.54, 1.807) is 0 Å². The Balaban J connectivity index is 1.43. The van der Waals surface area contributed by atoms with Crippen LogP contribution in [0, 0.1) is 0 Å². The van der Waals surface area contributed by atoms with Gasteiger partial charge in [-0.1, -0.05) is 48.5 Å². The summed E-state index contributed by atoms with van der Waals surface area (Å²) in [4.78, 5) is 12.3. The molecule has 1 aliphatic heterocycles. The van der Waals surface area contributed by atoms with Crippen molar-refractivity contribution in [3.8, 4) is 11.5 Å². The maximum atomic E-state index is 12.3. The lowest BCUT2D eigenvalue weighted by Gasteiger charge is -2.08. The van der Waals surface area contributed by atoms with Gasteiger partial charge >= 0.3 is 0 Å². The lowest BCUT2D eigenvalue weighted by molar-refractivity contribution is -0.120. The molecule has 24 heavy (non-hydrogen) atoms. The van der Waals surface area contributed by atoms with Gasteiger partial charge in [-0.05, 0) is 34.0 Å². The first kappa shape index (κ1) is 14.6. The zero-order valence-corrected chi connectivity index (χ0v) is 13.1. The van der Waals surface area contributed by atoms with Crippen LogP contribution in [0.1, 0.15) is 11.1 Å². The van der Waals surface area contributed by atoms with E-state index >= 15 is 0 Å². The molecule has 0 unspecified atom stereocenters. The average Bonchev–Trinajstić information content (AvgIpc) is 3.08. The first-order valence-electron chi connectivity index (χ1n) is 7.91. The molecule has 0 radical (unpaired) electrons. The van der Waals surface area contributed by atoms with E-state index in [0.29, 0.717) is 13.0 Å². The van der Waals surface area contributed by atoms with Gasteiger partial charge in [-0.3, -0.25) is 4.79 Å². The van der Waals surface area contributed by atoms with Crippen molar-refractivity contribution in [3.05, 3.63) is 71.8 Å². The SMILES string of the molecule is O=C(Cc1cccc2ccccc12)NCc1ccc2c(c1)OCO2. The fraction of sp³-hybridized carbons (Fsp3) is 0.150. The van der Waals surface area contributed by atoms with Gasteiger partial charge in [0.25, 0.3) is 0 Å². The van der Waals surface area contributed by atoms with Crippen LogP contribution in [-0.2, 0) is 17.8 Å². The molecule has 0 spiro atoms. The molecule has 0 atom stereocenters. The summed E-state index contributed by atoms with van der Waals surface area (Å²) in [5.41, 5.74) is 2.03. The van der Waals surface area contributed by atoms with Gasteiger partial charge in [-0.25, -0.2) is 0 Å². The van der Waals surface area contributed by atoms with Crippen molar-refractivity contribution in [2.24, 2.45) is 0 Å². The minimum atomic E-state index is 0.00372. The minimum absolute atomic E-state index is 0.00372. The summed E-state index contributed by atoms with van der Waals surface area (Å²) in [6.45, 7) is 0.729. The second-order valence-electron chi connectivity index (χ2n) is 5.78. The Morgan fingerprint density at radius 2 is 1.79 bits per heavy atom. The highest BCUT2D eigenvalue weighted by atomic mass is 16.7. The highest BCUT2D eigenvalue weighted by Gasteiger charge is 2.13. The molecule has 1 aliphatic rings. The number of hydrogen-bond acceptors (Lipinski definition) is 3. The number of ether oxygens (including phenoxy) is 2. The van der Waals surface area contributed by atoms with Crippen LogP contribution in [0.15, 0.2) is 60.7 Å². The standard InChI is InChI=1S/C20H17NO3/c22-20(11-16-6-3-5-15-4-1-2-7-17(15)16)21-12-14-8-9-18-19(10-14)24-13-23-18/h1-10H,11-13H2,(H,21,22). The fourth-order valence-electron chi connectivity index (χ4n) is 2.93. The molecule has 4 rings (SSSR count). The largest absolute Gasteiger partial charge is 0.454 e. The van der Waals surface area contributed by atoms with Gasteiger partial charge in [0.05, 0.1) is 6.42 Å². The monoisotopic (exact) mass is 319 g/mol. The number of rotatable bonds is 4. The quantitative estimate of drug-likeness (QED) is 0.801. The Morgan fingerprint density at radius 1 is 0.958 bits per heavy atom. The van der Waals surface area contributed by atoms with E-state index in [1.807, 2.05) is 42.5 Å². The molecule has 0 fully saturated rings. The molecule has 120 valence electrons. The zero-order chi connectivity index (χ0) is 16.4. The molecule has 1 heterocycles. The topological polar surface area (TPSA) is 47.6 Å². The molecule has 3 aromatic rings. The van der Waals surface area contributed by atoms with Crippen molar-refractivity contribution in [1.82, 2.24) is 5.32 Å². The summed E-state index contributed by atoms with van der Waals surface area (Å²) in [5.74, 6) is 1.49. The maximum absolute atomic E-state index is 12.3. The van der Waals surface area contributed by atoms with Crippen molar-refractivity contribution < 1.29 is 14.3 Å². The van der Waals surface area contributed by atoms with Crippen molar-refractivity contribution in [1.29, 1.82) is 0 Å². The third-order valence-corrected chi connectivity index (χ3v) is 4.16. The second kappa shape index (κ2) is 6.24. The number of hydrogen-bond donors (Lipinski definition) is 1. The van der Waals surface area contributed by atoms with Crippen LogP contribution in [0.3, 0.4) is 0 Å². The van der Waals surface area contributed by atoms with Crippen molar-refractivity contribution in [3.63, 3.8) is 0 Å². The molecule has 0 aromatic heterocycles. The summed E-state index contributed by atoms with van der Waals surface area (Å²) in [6, 6.07) is 19.9. The smallest absolute Gasteiger partial charge is 0.231 e. The van der Waals surface area contributed by atoms with Gasteiger partial charge in [-0.15, -0.1) is 0 Å². The van der Waals surface area contributed by atoms with Crippen LogP contribution in [0.25, 0.3) is 10.8 Å². The molecule has 0 saturated carbocycles. The third-order valence-electron chi connectivity index (χ3n) is 4.16.